The largest absolute Gasteiger partial charge is 0.363 e. The fourth-order valence-electron chi connectivity index (χ4n) is 2.70. The van der Waals surface area contributed by atoms with Gasteiger partial charge in [-0.1, -0.05) is 29.3 Å². The molecule has 0 aromatic heterocycles. The van der Waals surface area contributed by atoms with Gasteiger partial charge in [-0.2, -0.15) is 0 Å². The summed E-state index contributed by atoms with van der Waals surface area (Å²) < 4.78 is 0. The van der Waals surface area contributed by atoms with E-state index in [1.807, 2.05) is 18.2 Å². The molecule has 0 bridgehead atoms. The maximum atomic E-state index is 6.27. The number of thiocarbonyl (C=S) groups is 1. The van der Waals surface area contributed by atoms with Gasteiger partial charge in [-0.15, -0.1) is 0 Å². The topological polar surface area (TPSA) is 21.8 Å². The lowest BCUT2D eigenvalue weighted by Gasteiger charge is -2.36. The van der Waals surface area contributed by atoms with E-state index in [1.165, 1.54) is 0 Å². The van der Waals surface area contributed by atoms with Crippen LogP contribution in [0.4, 0.5) is 0 Å². The van der Waals surface area contributed by atoms with Gasteiger partial charge in [-0.3, -0.25) is 4.90 Å². The molecule has 1 heterocycles. The fraction of sp³-hybridized carbons (Fsp3) is 0.588. The second-order valence-electron chi connectivity index (χ2n) is 6.39. The fourth-order valence-corrected chi connectivity index (χ4v) is 3.46. The van der Waals surface area contributed by atoms with E-state index in [0.29, 0.717) is 5.02 Å². The summed E-state index contributed by atoms with van der Waals surface area (Å²) in [5.74, 6) is 0. The molecule has 1 aliphatic heterocycles. The molecule has 1 N–H and O–H groups in total. The summed E-state index contributed by atoms with van der Waals surface area (Å²) in [4.78, 5) is 6.84. The molecule has 24 heavy (non-hydrogen) atoms. The molecule has 1 aromatic carbocycles. The van der Waals surface area contributed by atoms with Crippen molar-refractivity contribution in [2.75, 3.05) is 53.4 Å². The molecule has 0 amide bonds. The number of benzene rings is 1. The van der Waals surface area contributed by atoms with Crippen molar-refractivity contribution in [3.63, 3.8) is 0 Å². The molecule has 0 atom stereocenters. The zero-order valence-corrected chi connectivity index (χ0v) is 16.7. The van der Waals surface area contributed by atoms with Crippen molar-refractivity contribution in [1.82, 2.24) is 20.0 Å². The Morgan fingerprint density at radius 3 is 2.54 bits per heavy atom. The van der Waals surface area contributed by atoms with Crippen LogP contribution in [0.15, 0.2) is 18.2 Å². The highest BCUT2D eigenvalue weighted by Crippen LogP contribution is 2.22. The number of nitrogens with zero attached hydrogens (tertiary/aromatic N) is 3. The molecule has 134 valence electrons. The Balaban J connectivity index is 1.71. The molecule has 0 unspecified atom stereocenters. The van der Waals surface area contributed by atoms with E-state index in [1.54, 1.807) is 0 Å². The molecule has 0 saturated carbocycles. The summed E-state index contributed by atoms with van der Waals surface area (Å²) in [7, 11) is 4.18. The number of hydrogen-bond acceptors (Lipinski definition) is 3. The maximum absolute atomic E-state index is 6.27. The first-order valence-electron chi connectivity index (χ1n) is 8.29. The van der Waals surface area contributed by atoms with E-state index in [4.69, 9.17) is 35.4 Å². The molecule has 0 spiro atoms. The van der Waals surface area contributed by atoms with Crippen molar-refractivity contribution in [3.8, 4) is 0 Å². The molecule has 1 aromatic rings. The lowest BCUT2D eigenvalue weighted by Crippen LogP contribution is -2.51. The van der Waals surface area contributed by atoms with Crippen LogP contribution in [-0.4, -0.2) is 73.2 Å². The number of piperazine rings is 1. The van der Waals surface area contributed by atoms with E-state index < -0.39 is 0 Å². The average Bonchev–Trinajstić information content (AvgIpc) is 2.54. The van der Waals surface area contributed by atoms with Gasteiger partial charge in [-0.25, -0.2) is 0 Å². The first kappa shape index (κ1) is 19.7. The molecule has 1 aliphatic rings. The Morgan fingerprint density at radius 1 is 1.21 bits per heavy atom. The standard InChI is InChI=1S/C17H26Cl2N4S/c1-21(2)7-3-6-20-17(24)23-10-8-22(9-11-23)13-14-4-5-15(18)12-16(14)19/h4-5,12H,3,6-11,13H2,1-2H3,(H,20,24). The van der Waals surface area contributed by atoms with Gasteiger partial charge >= 0.3 is 0 Å². The third-order valence-corrected chi connectivity index (χ3v) is 5.12. The Morgan fingerprint density at radius 2 is 1.92 bits per heavy atom. The van der Waals surface area contributed by atoms with Crippen LogP contribution in [0.25, 0.3) is 0 Å². The van der Waals surface area contributed by atoms with Crippen LogP contribution in [0, 0.1) is 0 Å². The van der Waals surface area contributed by atoms with Gasteiger partial charge in [0.25, 0.3) is 0 Å². The average molecular weight is 389 g/mol. The van der Waals surface area contributed by atoms with E-state index >= 15 is 0 Å². The van der Waals surface area contributed by atoms with Crippen molar-refractivity contribution in [3.05, 3.63) is 33.8 Å². The summed E-state index contributed by atoms with van der Waals surface area (Å²) in [5.41, 5.74) is 1.12. The zero-order valence-electron chi connectivity index (χ0n) is 14.4. The quantitative estimate of drug-likeness (QED) is 0.595. The summed E-state index contributed by atoms with van der Waals surface area (Å²) in [6, 6.07) is 5.71. The van der Waals surface area contributed by atoms with Gasteiger partial charge in [0, 0.05) is 49.3 Å². The van der Waals surface area contributed by atoms with Gasteiger partial charge in [0.2, 0.25) is 0 Å². The minimum absolute atomic E-state index is 0.680. The van der Waals surface area contributed by atoms with Crippen LogP contribution in [0.5, 0.6) is 0 Å². The minimum Gasteiger partial charge on any atom is -0.363 e. The van der Waals surface area contributed by atoms with Crippen molar-refractivity contribution in [2.45, 2.75) is 13.0 Å². The van der Waals surface area contributed by atoms with Gasteiger partial charge in [0.1, 0.15) is 0 Å². The lowest BCUT2D eigenvalue weighted by molar-refractivity contribution is 0.174. The minimum atomic E-state index is 0.680. The molecule has 0 aliphatic carbocycles. The van der Waals surface area contributed by atoms with Crippen molar-refractivity contribution in [1.29, 1.82) is 0 Å². The molecule has 1 saturated heterocycles. The van der Waals surface area contributed by atoms with E-state index in [9.17, 15) is 0 Å². The summed E-state index contributed by atoms with van der Waals surface area (Å²) in [6.07, 6.45) is 1.10. The lowest BCUT2D eigenvalue weighted by atomic mass is 10.2. The number of hydrogen-bond donors (Lipinski definition) is 1. The summed E-state index contributed by atoms with van der Waals surface area (Å²) in [5, 5.41) is 5.66. The van der Waals surface area contributed by atoms with Gasteiger partial charge in [-0.05, 0) is 57.0 Å². The third-order valence-electron chi connectivity index (χ3n) is 4.13. The molecular weight excluding hydrogens is 363 g/mol. The molecule has 2 rings (SSSR count). The Bertz CT molecular complexity index is 545. The number of halogens is 2. The van der Waals surface area contributed by atoms with E-state index in [-0.39, 0.29) is 0 Å². The second kappa shape index (κ2) is 9.78. The highest BCUT2D eigenvalue weighted by Gasteiger charge is 2.19. The van der Waals surface area contributed by atoms with Crippen LogP contribution in [0.1, 0.15) is 12.0 Å². The predicted molar refractivity (Wildman–Crippen MR) is 107 cm³/mol. The SMILES string of the molecule is CN(C)CCCNC(=S)N1CCN(Cc2ccc(Cl)cc2Cl)CC1. The van der Waals surface area contributed by atoms with E-state index in [0.717, 1.165) is 67.9 Å². The van der Waals surface area contributed by atoms with Crippen molar-refractivity contribution < 1.29 is 0 Å². The predicted octanol–water partition coefficient (Wildman–Crippen LogP) is 2.94. The van der Waals surface area contributed by atoms with Gasteiger partial charge in [0.05, 0.1) is 0 Å². The Kier molecular flexibility index (Phi) is 8.04. The van der Waals surface area contributed by atoms with Crippen LogP contribution < -0.4 is 5.32 Å². The first-order valence-corrected chi connectivity index (χ1v) is 9.46. The van der Waals surface area contributed by atoms with Crippen LogP contribution >= 0.6 is 35.4 Å². The van der Waals surface area contributed by atoms with Crippen LogP contribution in [0.2, 0.25) is 10.0 Å². The highest BCUT2D eigenvalue weighted by molar-refractivity contribution is 7.80. The normalized spacial score (nSPS) is 15.8. The molecule has 7 heteroatoms. The Labute approximate surface area is 160 Å². The van der Waals surface area contributed by atoms with Gasteiger partial charge in [0.15, 0.2) is 5.11 Å². The van der Waals surface area contributed by atoms with Crippen LogP contribution in [-0.2, 0) is 6.54 Å². The molecule has 4 nitrogen and oxygen atoms in total. The van der Waals surface area contributed by atoms with Crippen LogP contribution in [0.3, 0.4) is 0 Å². The van der Waals surface area contributed by atoms with Gasteiger partial charge < -0.3 is 15.1 Å². The summed E-state index contributed by atoms with van der Waals surface area (Å²) >= 11 is 17.7. The summed E-state index contributed by atoms with van der Waals surface area (Å²) in [6.45, 7) is 6.72. The van der Waals surface area contributed by atoms with E-state index in [2.05, 4.69) is 34.1 Å². The highest BCUT2D eigenvalue weighted by atomic mass is 35.5. The van der Waals surface area contributed by atoms with Crippen molar-refractivity contribution in [2.24, 2.45) is 0 Å². The Hall–Kier alpha value is -0.590. The third kappa shape index (κ3) is 6.37. The van der Waals surface area contributed by atoms with Crippen molar-refractivity contribution >= 4 is 40.5 Å². The second-order valence-corrected chi connectivity index (χ2v) is 7.62. The first-order chi connectivity index (χ1) is 11.5. The molecular formula is C17H26Cl2N4S. The zero-order chi connectivity index (χ0) is 17.5. The monoisotopic (exact) mass is 388 g/mol. The maximum Gasteiger partial charge on any atom is 0.169 e. The number of nitrogens with one attached hydrogen (secondary N) is 1. The molecule has 1 fully saturated rings. The number of rotatable bonds is 6. The smallest absolute Gasteiger partial charge is 0.169 e. The molecule has 0 radical (unpaired) electrons.